The maximum atomic E-state index is 11.7. The van der Waals surface area contributed by atoms with Gasteiger partial charge in [-0.25, -0.2) is 0 Å². The summed E-state index contributed by atoms with van der Waals surface area (Å²) in [5.41, 5.74) is 0. The summed E-state index contributed by atoms with van der Waals surface area (Å²) in [4.78, 5) is 12.9. The van der Waals surface area contributed by atoms with Crippen molar-refractivity contribution >= 4 is 29.0 Å². The number of amides is 1. The van der Waals surface area contributed by atoms with Gasteiger partial charge in [-0.1, -0.05) is 17.8 Å². The van der Waals surface area contributed by atoms with E-state index < -0.39 is 0 Å². The van der Waals surface area contributed by atoms with E-state index in [1.165, 1.54) is 4.88 Å². The second-order valence-electron chi connectivity index (χ2n) is 4.44. The smallest absolute Gasteiger partial charge is 0.221 e. The largest absolute Gasteiger partial charge is 0.351 e. The molecule has 0 atom stereocenters. The normalized spacial score (nSPS) is 10.8. The summed E-state index contributed by atoms with van der Waals surface area (Å²) < 4.78 is 1.95. The number of rotatable bonds is 8. The Labute approximate surface area is 132 Å². The minimum absolute atomic E-state index is 0.0634. The number of aromatic nitrogens is 3. The molecule has 0 radical (unpaired) electrons. The lowest BCUT2D eigenvalue weighted by Crippen LogP contribution is -2.22. The van der Waals surface area contributed by atoms with Gasteiger partial charge in [0.15, 0.2) is 5.16 Å². The Morgan fingerprint density at radius 2 is 2.29 bits per heavy atom. The Hall–Kier alpha value is -1.38. The zero-order valence-electron chi connectivity index (χ0n) is 12.1. The monoisotopic (exact) mass is 325 g/mol. The highest BCUT2D eigenvalue weighted by Crippen LogP contribution is 2.16. The summed E-state index contributed by atoms with van der Waals surface area (Å²) in [5.74, 6) is 1.65. The van der Waals surface area contributed by atoms with Crippen molar-refractivity contribution in [3.63, 3.8) is 0 Å². The van der Waals surface area contributed by atoms with Crippen LogP contribution in [0.1, 0.15) is 17.1 Å². The number of thiophene rings is 1. The number of nitrogens with one attached hydrogen (secondary N) is 2. The minimum atomic E-state index is 0.0634. The molecule has 2 heterocycles. The Morgan fingerprint density at radius 3 is 3.00 bits per heavy atom. The lowest BCUT2D eigenvalue weighted by molar-refractivity contribution is -0.120. The zero-order valence-corrected chi connectivity index (χ0v) is 13.8. The van der Waals surface area contributed by atoms with Crippen molar-refractivity contribution < 1.29 is 4.79 Å². The van der Waals surface area contributed by atoms with Crippen molar-refractivity contribution in [2.75, 3.05) is 12.8 Å². The van der Waals surface area contributed by atoms with Gasteiger partial charge in [-0.15, -0.1) is 21.5 Å². The van der Waals surface area contributed by atoms with Crippen LogP contribution in [0.25, 0.3) is 0 Å². The number of hydrogen-bond donors (Lipinski definition) is 2. The van der Waals surface area contributed by atoms with Crippen LogP contribution in [0.2, 0.25) is 0 Å². The lowest BCUT2D eigenvalue weighted by atomic mass is 10.4. The molecule has 0 aliphatic rings. The molecule has 6 nitrogen and oxygen atoms in total. The van der Waals surface area contributed by atoms with Crippen molar-refractivity contribution in [1.82, 2.24) is 25.4 Å². The Bertz CT molecular complexity index is 567. The molecule has 2 N–H and O–H groups in total. The fourth-order valence-electron chi connectivity index (χ4n) is 1.71. The molecule has 1 amide bonds. The van der Waals surface area contributed by atoms with Crippen LogP contribution in [0, 0.1) is 0 Å². The van der Waals surface area contributed by atoms with Gasteiger partial charge in [-0.2, -0.15) is 0 Å². The number of carbonyl (C=O) groups excluding carboxylic acids is 1. The summed E-state index contributed by atoms with van der Waals surface area (Å²) in [6, 6.07) is 4.00. The van der Waals surface area contributed by atoms with Gasteiger partial charge in [0.25, 0.3) is 0 Å². The number of hydrogen-bond acceptors (Lipinski definition) is 6. The van der Waals surface area contributed by atoms with Crippen LogP contribution >= 0.6 is 23.1 Å². The van der Waals surface area contributed by atoms with E-state index in [1.54, 1.807) is 23.1 Å². The first-order valence-electron chi connectivity index (χ1n) is 6.65. The number of carbonyl (C=O) groups is 1. The molecule has 0 fully saturated rings. The van der Waals surface area contributed by atoms with Crippen LogP contribution in [0.3, 0.4) is 0 Å². The van der Waals surface area contributed by atoms with Crippen LogP contribution in [0.5, 0.6) is 0 Å². The predicted molar refractivity (Wildman–Crippen MR) is 85.3 cm³/mol. The molecule has 0 aliphatic carbocycles. The van der Waals surface area contributed by atoms with E-state index in [2.05, 4.69) is 20.8 Å². The van der Waals surface area contributed by atoms with Gasteiger partial charge < -0.3 is 15.2 Å². The van der Waals surface area contributed by atoms with Crippen LogP contribution in [0.15, 0.2) is 22.7 Å². The average Bonchev–Trinajstić information content (AvgIpc) is 3.10. The number of thioether (sulfide) groups is 1. The molecule has 0 saturated heterocycles. The van der Waals surface area contributed by atoms with Gasteiger partial charge in [-0.05, 0) is 18.5 Å². The van der Waals surface area contributed by atoms with E-state index >= 15 is 0 Å². The second-order valence-corrected chi connectivity index (χ2v) is 6.54. The van der Waals surface area contributed by atoms with E-state index in [1.807, 2.05) is 36.2 Å². The summed E-state index contributed by atoms with van der Waals surface area (Å²) in [6.07, 6.45) is 0.476. The van der Waals surface area contributed by atoms with E-state index in [0.29, 0.717) is 25.3 Å². The molecule has 0 aliphatic heterocycles. The fourth-order valence-corrected chi connectivity index (χ4v) is 3.22. The van der Waals surface area contributed by atoms with Crippen molar-refractivity contribution in [2.45, 2.75) is 24.7 Å². The van der Waals surface area contributed by atoms with Gasteiger partial charge >= 0.3 is 0 Å². The fraction of sp³-hybridized carbons (Fsp3) is 0.462. The van der Waals surface area contributed by atoms with Crippen molar-refractivity contribution in [3.05, 3.63) is 28.2 Å². The third kappa shape index (κ3) is 4.83. The first-order chi connectivity index (χ1) is 10.2. The molecule has 2 aromatic rings. The molecule has 0 saturated carbocycles. The summed E-state index contributed by atoms with van der Waals surface area (Å²) in [5, 5.41) is 17.0. The van der Waals surface area contributed by atoms with E-state index in [0.717, 1.165) is 11.0 Å². The molecular formula is C13H19N5OS2. The van der Waals surface area contributed by atoms with Gasteiger partial charge in [0.2, 0.25) is 5.91 Å². The van der Waals surface area contributed by atoms with Crippen molar-refractivity contribution in [3.8, 4) is 0 Å². The molecule has 21 heavy (non-hydrogen) atoms. The van der Waals surface area contributed by atoms with Gasteiger partial charge in [0.1, 0.15) is 5.82 Å². The second kappa shape index (κ2) is 8.16. The van der Waals surface area contributed by atoms with Gasteiger partial charge in [-0.3, -0.25) is 4.79 Å². The SMILES string of the molecule is CNCc1nnc(SCCC(=O)NCc2cccs2)n1C. The highest BCUT2D eigenvalue weighted by Gasteiger charge is 2.09. The third-order valence-electron chi connectivity index (χ3n) is 2.86. The van der Waals surface area contributed by atoms with E-state index in [9.17, 15) is 4.79 Å². The molecule has 0 unspecified atom stereocenters. The molecule has 114 valence electrons. The summed E-state index contributed by atoms with van der Waals surface area (Å²) in [7, 11) is 3.81. The van der Waals surface area contributed by atoms with Gasteiger partial charge in [0.05, 0.1) is 13.1 Å². The third-order valence-corrected chi connectivity index (χ3v) is 4.76. The Morgan fingerprint density at radius 1 is 1.43 bits per heavy atom. The summed E-state index contributed by atoms with van der Waals surface area (Å²) in [6.45, 7) is 1.29. The summed E-state index contributed by atoms with van der Waals surface area (Å²) >= 11 is 3.20. The quantitative estimate of drug-likeness (QED) is 0.718. The average molecular weight is 325 g/mol. The lowest BCUT2D eigenvalue weighted by Gasteiger charge is -2.04. The molecule has 0 aromatic carbocycles. The molecular weight excluding hydrogens is 306 g/mol. The van der Waals surface area contributed by atoms with E-state index in [-0.39, 0.29) is 5.91 Å². The number of nitrogens with zero attached hydrogens (tertiary/aromatic N) is 3. The highest BCUT2D eigenvalue weighted by molar-refractivity contribution is 7.99. The van der Waals surface area contributed by atoms with E-state index in [4.69, 9.17) is 0 Å². The van der Waals surface area contributed by atoms with Crippen LogP contribution in [0.4, 0.5) is 0 Å². The van der Waals surface area contributed by atoms with Crippen LogP contribution in [-0.2, 0) is 24.9 Å². The first kappa shape index (κ1) is 16.0. The molecule has 8 heteroatoms. The van der Waals surface area contributed by atoms with Crippen molar-refractivity contribution in [1.29, 1.82) is 0 Å². The predicted octanol–water partition coefficient (Wildman–Crippen LogP) is 1.39. The highest BCUT2D eigenvalue weighted by atomic mass is 32.2. The van der Waals surface area contributed by atoms with Crippen molar-refractivity contribution in [2.24, 2.45) is 7.05 Å². The molecule has 0 spiro atoms. The minimum Gasteiger partial charge on any atom is -0.351 e. The van der Waals surface area contributed by atoms with Crippen LogP contribution in [-0.4, -0.2) is 33.5 Å². The molecule has 2 rings (SSSR count). The maximum absolute atomic E-state index is 11.7. The first-order valence-corrected chi connectivity index (χ1v) is 8.52. The topological polar surface area (TPSA) is 71.8 Å². The molecule has 2 aromatic heterocycles. The zero-order chi connectivity index (χ0) is 15.1. The van der Waals surface area contributed by atoms with Gasteiger partial charge in [0, 0.05) is 24.1 Å². The standard InChI is InChI=1S/C13H19N5OS2/c1-14-9-11-16-17-13(18(11)2)21-7-5-12(19)15-8-10-4-3-6-20-10/h3-4,6,14H,5,7-9H2,1-2H3,(H,15,19). The molecule has 0 bridgehead atoms. The van der Waals surface area contributed by atoms with Crippen LogP contribution < -0.4 is 10.6 Å². The maximum Gasteiger partial charge on any atom is 0.221 e. The Balaban J connectivity index is 1.70. The Kier molecular flexibility index (Phi) is 6.21.